The second-order valence-electron chi connectivity index (χ2n) is 7.87. The van der Waals surface area contributed by atoms with E-state index in [2.05, 4.69) is 28.4 Å². The molecule has 1 amide bonds. The van der Waals surface area contributed by atoms with Gasteiger partial charge in [-0.3, -0.25) is 4.79 Å². The molecule has 4 aliphatic rings. The van der Waals surface area contributed by atoms with Gasteiger partial charge in [-0.25, -0.2) is 13.8 Å². The molecule has 5 nitrogen and oxygen atoms in total. The lowest BCUT2D eigenvalue weighted by molar-refractivity contribution is -0.222. The van der Waals surface area contributed by atoms with Gasteiger partial charge in [-0.2, -0.15) is 0 Å². The van der Waals surface area contributed by atoms with E-state index in [1.165, 1.54) is 6.08 Å². The highest BCUT2D eigenvalue weighted by molar-refractivity contribution is 5.89. The van der Waals surface area contributed by atoms with Gasteiger partial charge in [0.1, 0.15) is 5.84 Å². The lowest BCUT2D eigenvalue weighted by atomic mass is 9.42. The summed E-state index contributed by atoms with van der Waals surface area (Å²) in [5, 5.41) is 3.52. The highest BCUT2D eigenvalue weighted by atomic mass is 19.3. The molecule has 1 N–H and O–H groups in total. The first kappa shape index (κ1) is 20.7. The van der Waals surface area contributed by atoms with Crippen LogP contribution in [-0.2, 0) is 4.79 Å². The van der Waals surface area contributed by atoms with E-state index in [9.17, 15) is 13.6 Å². The number of hydrogen-bond acceptors (Lipinski definition) is 3. The van der Waals surface area contributed by atoms with Crippen LogP contribution in [0.15, 0.2) is 42.6 Å². The van der Waals surface area contributed by atoms with E-state index < -0.39 is 11.8 Å². The molecular formula is C21H30F2N4O. The Hall–Kier alpha value is -2.02. The summed E-state index contributed by atoms with van der Waals surface area (Å²) in [6, 6.07) is 0.0664. The molecule has 0 spiro atoms. The molecule has 1 saturated heterocycles. The fourth-order valence-corrected chi connectivity index (χ4v) is 4.67. The summed E-state index contributed by atoms with van der Waals surface area (Å²) in [5.41, 5.74) is 0. The van der Waals surface area contributed by atoms with E-state index in [1.807, 2.05) is 19.9 Å². The summed E-state index contributed by atoms with van der Waals surface area (Å²) >= 11 is 0. The predicted molar refractivity (Wildman–Crippen MR) is 107 cm³/mol. The number of piperazine rings is 1. The van der Waals surface area contributed by atoms with Gasteiger partial charge in [0, 0.05) is 44.3 Å². The largest absolute Gasteiger partial charge is 0.355 e. The van der Waals surface area contributed by atoms with Crippen molar-refractivity contribution in [2.24, 2.45) is 22.7 Å². The Balaban J connectivity index is 1.60. The van der Waals surface area contributed by atoms with Gasteiger partial charge >= 0.3 is 0 Å². The molecule has 0 radical (unpaired) electrons. The molecule has 0 aromatic rings. The summed E-state index contributed by atoms with van der Waals surface area (Å²) in [4.78, 5) is 20.3. The number of carbonyl (C=O) groups excluding carboxylic acids is 1. The number of hydrogen-bond donors (Lipinski definition) is 1. The summed E-state index contributed by atoms with van der Waals surface area (Å²) < 4.78 is 27.8. The summed E-state index contributed by atoms with van der Waals surface area (Å²) in [6.45, 7) is 13.4. The number of rotatable bonds is 7. The third-order valence-corrected chi connectivity index (χ3v) is 6.38. The number of aliphatic imine (C=N–C) groups is 1. The highest BCUT2D eigenvalue weighted by Gasteiger charge is 2.68. The molecule has 3 unspecified atom stereocenters. The van der Waals surface area contributed by atoms with Crippen molar-refractivity contribution < 1.29 is 13.6 Å². The first-order valence-electron chi connectivity index (χ1n) is 9.96. The highest BCUT2D eigenvalue weighted by Crippen LogP contribution is 2.64. The van der Waals surface area contributed by atoms with Crippen LogP contribution in [0.25, 0.3) is 0 Å². The maximum atomic E-state index is 13.9. The minimum absolute atomic E-state index is 0.00507. The average molecular weight is 392 g/mol. The Morgan fingerprint density at radius 1 is 1.21 bits per heavy atom. The molecule has 7 heteroatoms. The van der Waals surface area contributed by atoms with Crippen molar-refractivity contribution in [2.75, 3.05) is 26.2 Å². The van der Waals surface area contributed by atoms with Gasteiger partial charge in [-0.15, -0.1) is 0 Å². The second kappa shape index (κ2) is 8.15. The Morgan fingerprint density at radius 3 is 2.32 bits per heavy atom. The fourth-order valence-electron chi connectivity index (χ4n) is 4.67. The number of amides is 1. The van der Waals surface area contributed by atoms with Gasteiger partial charge in [0.2, 0.25) is 5.91 Å². The zero-order chi connectivity index (χ0) is 20.5. The minimum atomic E-state index is -2.77. The average Bonchev–Trinajstić information content (AvgIpc) is 2.64. The molecule has 4 rings (SSSR count). The van der Waals surface area contributed by atoms with Gasteiger partial charge in [-0.05, 0) is 44.3 Å². The van der Waals surface area contributed by atoms with Gasteiger partial charge in [0.25, 0.3) is 5.92 Å². The third-order valence-electron chi connectivity index (χ3n) is 6.38. The van der Waals surface area contributed by atoms with E-state index in [-0.39, 0.29) is 29.8 Å². The molecule has 4 fully saturated rings. The molecule has 1 heterocycles. The number of nitrogens with one attached hydrogen (secondary N) is 1. The van der Waals surface area contributed by atoms with Gasteiger partial charge < -0.3 is 15.1 Å². The van der Waals surface area contributed by atoms with E-state index in [0.717, 1.165) is 18.3 Å². The van der Waals surface area contributed by atoms with E-state index in [0.29, 0.717) is 26.2 Å². The van der Waals surface area contributed by atoms with Crippen molar-refractivity contribution in [3.8, 4) is 0 Å². The zero-order valence-corrected chi connectivity index (χ0v) is 16.7. The van der Waals surface area contributed by atoms with Gasteiger partial charge in [0.05, 0.1) is 6.04 Å². The van der Waals surface area contributed by atoms with E-state index in [4.69, 9.17) is 0 Å². The minimum Gasteiger partial charge on any atom is -0.355 e. The molecule has 0 aromatic carbocycles. The van der Waals surface area contributed by atoms with Crippen LogP contribution in [0.1, 0.15) is 20.3 Å². The molecule has 154 valence electrons. The topological polar surface area (TPSA) is 47.9 Å². The maximum Gasteiger partial charge on any atom is 0.269 e. The van der Waals surface area contributed by atoms with Crippen molar-refractivity contribution in [1.82, 2.24) is 15.1 Å². The van der Waals surface area contributed by atoms with Crippen LogP contribution in [0.5, 0.6) is 0 Å². The van der Waals surface area contributed by atoms with Crippen LogP contribution in [0.3, 0.4) is 0 Å². The van der Waals surface area contributed by atoms with Crippen LogP contribution in [0.2, 0.25) is 0 Å². The van der Waals surface area contributed by atoms with Crippen LogP contribution < -0.4 is 5.32 Å². The third kappa shape index (κ3) is 3.64. The fraction of sp³-hybridized carbons (Fsp3) is 0.619. The van der Waals surface area contributed by atoms with Gasteiger partial charge in [0.15, 0.2) is 0 Å². The monoisotopic (exact) mass is 392 g/mol. The van der Waals surface area contributed by atoms with Crippen molar-refractivity contribution >= 4 is 11.7 Å². The molecule has 1 aliphatic heterocycles. The number of halogens is 2. The molecule has 0 aromatic heterocycles. The number of alkyl halides is 2. The van der Waals surface area contributed by atoms with Crippen molar-refractivity contribution in [3.05, 3.63) is 37.6 Å². The van der Waals surface area contributed by atoms with Crippen LogP contribution in [0.4, 0.5) is 8.78 Å². The summed E-state index contributed by atoms with van der Waals surface area (Å²) in [6.07, 6.45) is 6.62. The van der Waals surface area contributed by atoms with Crippen LogP contribution in [0, 0.1) is 17.8 Å². The molecule has 3 aliphatic carbocycles. The molecular weight excluding hydrogens is 362 g/mol. The number of carbonyl (C=O) groups is 1. The van der Waals surface area contributed by atoms with Gasteiger partial charge in [-0.1, -0.05) is 19.2 Å². The Morgan fingerprint density at radius 2 is 1.82 bits per heavy atom. The first-order valence-corrected chi connectivity index (χ1v) is 9.96. The summed E-state index contributed by atoms with van der Waals surface area (Å²) in [7, 11) is 0. The Bertz CT molecular complexity index is 672. The Kier molecular flexibility index (Phi) is 6.03. The van der Waals surface area contributed by atoms with E-state index in [1.54, 1.807) is 11.1 Å². The second-order valence-corrected chi connectivity index (χ2v) is 7.87. The van der Waals surface area contributed by atoms with Crippen LogP contribution in [-0.4, -0.2) is 65.7 Å². The van der Waals surface area contributed by atoms with Crippen molar-refractivity contribution in [1.29, 1.82) is 0 Å². The zero-order valence-electron chi connectivity index (χ0n) is 16.7. The molecule has 3 saturated carbocycles. The number of nitrogens with zero attached hydrogens (tertiary/aromatic N) is 3. The standard InChI is InChI=1S/C21H30F2N4O/c1-5-8-24-20(27-11-9-26(10-12-27)17(28)6-2)14(4)25-19-15-13-16(19)18(15)21(22,23)7-3/h5-8,14-16,18-19,25H,2-3,9-13H2,1,4H3/b8-5-,24-20?. The lowest BCUT2D eigenvalue weighted by Gasteiger charge is -2.66. The number of amidine groups is 1. The molecule has 3 atom stereocenters. The van der Waals surface area contributed by atoms with E-state index >= 15 is 0 Å². The quantitative estimate of drug-likeness (QED) is 0.314. The van der Waals surface area contributed by atoms with Crippen molar-refractivity contribution in [3.63, 3.8) is 0 Å². The Labute approximate surface area is 165 Å². The summed E-state index contributed by atoms with van der Waals surface area (Å²) in [5.74, 6) is -2.50. The molecule has 2 bridgehead atoms. The molecule has 28 heavy (non-hydrogen) atoms. The van der Waals surface area contributed by atoms with Crippen LogP contribution >= 0.6 is 0 Å². The first-order chi connectivity index (χ1) is 13.3. The van der Waals surface area contributed by atoms with Crippen molar-refractivity contribution in [2.45, 2.75) is 38.3 Å². The number of allylic oxidation sites excluding steroid dienone is 2. The smallest absolute Gasteiger partial charge is 0.269 e. The lowest BCUT2D eigenvalue weighted by Crippen LogP contribution is -2.74. The maximum absolute atomic E-state index is 13.9. The normalized spacial score (nSPS) is 31.2. The predicted octanol–water partition coefficient (Wildman–Crippen LogP) is 2.68. The SMILES string of the molecule is C=CC(=O)N1CCN(C(=N/C=C\C)C(C)NC2C3CC2C3C(F)(F)C=C)CC1.